The monoisotopic (exact) mass is 366 g/mol. The van der Waals surface area contributed by atoms with E-state index in [0.29, 0.717) is 50.5 Å². The predicted molar refractivity (Wildman–Crippen MR) is 90.6 cm³/mol. The van der Waals surface area contributed by atoms with Gasteiger partial charge in [0.1, 0.15) is 0 Å². The molecule has 0 saturated carbocycles. The van der Waals surface area contributed by atoms with Gasteiger partial charge in [0.2, 0.25) is 5.88 Å². The number of ether oxygens (including phenoxy) is 1. The highest BCUT2D eigenvalue weighted by Gasteiger charge is 2.35. The van der Waals surface area contributed by atoms with Crippen molar-refractivity contribution in [3.8, 4) is 5.88 Å². The molecule has 136 valence electrons. The van der Waals surface area contributed by atoms with E-state index in [0.717, 1.165) is 18.7 Å². The van der Waals surface area contributed by atoms with Gasteiger partial charge in [-0.2, -0.15) is 21.5 Å². The second kappa shape index (κ2) is 6.50. The number of fused-ring (bicyclic) bond motifs is 1. The Balaban J connectivity index is 1.50. The van der Waals surface area contributed by atoms with Crippen molar-refractivity contribution in [3.05, 3.63) is 18.0 Å². The van der Waals surface area contributed by atoms with Crippen molar-refractivity contribution in [3.63, 3.8) is 0 Å². The Bertz CT molecular complexity index is 853. The van der Waals surface area contributed by atoms with Gasteiger partial charge in [0, 0.05) is 38.2 Å². The Kier molecular flexibility index (Phi) is 4.34. The summed E-state index contributed by atoms with van der Waals surface area (Å²) in [6.45, 7) is 2.28. The van der Waals surface area contributed by atoms with Crippen LogP contribution in [0.5, 0.6) is 5.88 Å². The van der Waals surface area contributed by atoms with Gasteiger partial charge in [-0.25, -0.2) is 0 Å². The number of aromatic nitrogens is 4. The highest BCUT2D eigenvalue weighted by molar-refractivity contribution is 7.86. The van der Waals surface area contributed by atoms with Gasteiger partial charge >= 0.3 is 0 Å². The highest BCUT2D eigenvalue weighted by Crippen LogP contribution is 2.29. The zero-order valence-electron chi connectivity index (χ0n) is 14.2. The van der Waals surface area contributed by atoms with E-state index in [1.54, 1.807) is 26.3 Å². The first-order chi connectivity index (χ1) is 12.1. The Hall–Kier alpha value is -1.78. The third-order valence-corrected chi connectivity index (χ3v) is 7.04. The van der Waals surface area contributed by atoms with Crippen LogP contribution in [-0.4, -0.2) is 70.1 Å². The van der Waals surface area contributed by atoms with Crippen molar-refractivity contribution in [2.75, 3.05) is 33.3 Å². The molecule has 0 radical (unpaired) electrons. The first-order valence-electron chi connectivity index (χ1n) is 8.61. The second-order valence-corrected chi connectivity index (χ2v) is 8.42. The van der Waals surface area contributed by atoms with Crippen LogP contribution >= 0.6 is 0 Å². The van der Waals surface area contributed by atoms with Gasteiger partial charge in [-0.1, -0.05) is 0 Å². The summed E-state index contributed by atoms with van der Waals surface area (Å²) in [5.41, 5.74) is 0.669. The van der Waals surface area contributed by atoms with Crippen molar-refractivity contribution >= 4 is 15.9 Å². The minimum absolute atomic E-state index is 0.139. The minimum Gasteiger partial charge on any atom is -0.480 e. The molecule has 2 aliphatic heterocycles. The lowest BCUT2D eigenvalue weighted by atomic mass is 9.97. The molecular formula is C15H22N6O3S. The Morgan fingerprint density at radius 1 is 1.04 bits per heavy atom. The molecule has 2 aromatic heterocycles. The molecule has 2 aromatic rings. The molecule has 25 heavy (non-hydrogen) atoms. The van der Waals surface area contributed by atoms with E-state index >= 15 is 0 Å². The van der Waals surface area contributed by atoms with Crippen LogP contribution in [0.25, 0.3) is 5.65 Å². The van der Waals surface area contributed by atoms with Crippen molar-refractivity contribution in [1.29, 1.82) is 0 Å². The van der Waals surface area contributed by atoms with E-state index in [1.165, 1.54) is 0 Å². The molecule has 0 spiro atoms. The number of nitrogens with zero attached hydrogens (tertiary/aromatic N) is 6. The Morgan fingerprint density at radius 2 is 1.72 bits per heavy atom. The fraction of sp³-hybridized carbons (Fsp3) is 0.667. The quantitative estimate of drug-likeness (QED) is 0.789. The molecule has 0 bridgehead atoms. The molecule has 0 aliphatic carbocycles. The first-order valence-corrected chi connectivity index (χ1v) is 10.0. The number of hydrogen-bond donors (Lipinski definition) is 0. The molecule has 0 amide bonds. The van der Waals surface area contributed by atoms with Gasteiger partial charge in [0.05, 0.1) is 7.11 Å². The average Bonchev–Trinajstić information content (AvgIpc) is 3.31. The molecule has 4 rings (SSSR count). The molecule has 0 N–H and O–H groups in total. The molecule has 2 saturated heterocycles. The summed E-state index contributed by atoms with van der Waals surface area (Å²) in [7, 11) is -1.75. The van der Waals surface area contributed by atoms with E-state index in [4.69, 9.17) is 4.74 Å². The maximum Gasteiger partial charge on any atom is 0.281 e. The van der Waals surface area contributed by atoms with Gasteiger partial charge in [0.15, 0.2) is 11.5 Å². The van der Waals surface area contributed by atoms with E-state index in [1.807, 2.05) is 6.07 Å². The molecule has 2 fully saturated rings. The molecular weight excluding hydrogens is 344 g/mol. The normalized spacial score (nSPS) is 21.2. The minimum atomic E-state index is -3.32. The van der Waals surface area contributed by atoms with Gasteiger partial charge in [-0.15, -0.1) is 15.3 Å². The molecule has 0 unspecified atom stereocenters. The lowest BCUT2D eigenvalue weighted by Crippen LogP contribution is -2.46. The number of rotatable bonds is 4. The summed E-state index contributed by atoms with van der Waals surface area (Å²) in [6, 6.07) is 3.56. The van der Waals surface area contributed by atoms with Crippen LogP contribution in [0.3, 0.4) is 0 Å². The molecule has 4 heterocycles. The summed E-state index contributed by atoms with van der Waals surface area (Å²) >= 11 is 0. The van der Waals surface area contributed by atoms with Crippen molar-refractivity contribution in [2.24, 2.45) is 0 Å². The van der Waals surface area contributed by atoms with Crippen LogP contribution in [0, 0.1) is 0 Å². The predicted octanol–water partition coefficient (Wildman–Crippen LogP) is 0.653. The first kappa shape index (κ1) is 16.7. The lowest BCUT2D eigenvalue weighted by molar-refractivity contribution is 0.289. The lowest BCUT2D eigenvalue weighted by Gasteiger charge is -2.32. The molecule has 9 nitrogen and oxygen atoms in total. The average molecular weight is 366 g/mol. The van der Waals surface area contributed by atoms with Gasteiger partial charge < -0.3 is 4.74 Å². The molecule has 10 heteroatoms. The smallest absolute Gasteiger partial charge is 0.281 e. The Labute approximate surface area is 146 Å². The van der Waals surface area contributed by atoms with Crippen LogP contribution in [-0.2, 0) is 10.2 Å². The highest BCUT2D eigenvalue weighted by atomic mass is 32.2. The fourth-order valence-corrected chi connectivity index (χ4v) is 5.30. The number of methoxy groups -OCH3 is 1. The molecule has 0 aromatic carbocycles. The van der Waals surface area contributed by atoms with Crippen molar-refractivity contribution in [1.82, 2.24) is 28.4 Å². The van der Waals surface area contributed by atoms with Gasteiger partial charge in [-0.3, -0.25) is 0 Å². The van der Waals surface area contributed by atoms with E-state index < -0.39 is 10.2 Å². The van der Waals surface area contributed by atoms with Gasteiger partial charge in [-0.05, 0) is 31.7 Å². The largest absolute Gasteiger partial charge is 0.480 e. The fourth-order valence-electron chi connectivity index (χ4n) is 3.58. The van der Waals surface area contributed by atoms with Crippen LogP contribution in [0.15, 0.2) is 12.1 Å². The standard InChI is InChI=1S/C15H22N6O3S/c1-24-14-5-4-13-16-17-15(21(13)18-14)12-6-10-20(11-7-12)25(22,23)19-8-2-3-9-19/h4-5,12H,2-3,6-11H2,1H3. The number of hydrogen-bond acceptors (Lipinski definition) is 6. The van der Waals surface area contributed by atoms with E-state index in [9.17, 15) is 8.42 Å². The van der Waals surface area contributed by atoms with Crippen LogP contribution in [0.2, 0.25) is 0 Å². The van der Waals surface area contributed by atoms with Gasteiger partial charge in [0.25, 0.3) is 10.2 Å². The third kappa shape index (κ3) is 2.98. The third-order valence-electron chi connectivity index (χ3n) is 5.01. The summed E-state index contributed by atoms with van der Waals surface area (Å²) in [5, 5.41) is 12.8. The maximum atomic E-state index is 12.7. The van der Waals surface area contributed by atoms with Crippen molar-refractivity contribution < 1.29 is 13.2 Å². The van der Waals surface area contributed by atoms with Crippen LogP contribution in [0.4, 0.5) is 0 Å². The van der Waals surface area contributed by atoms with E-state index in [2.05, 4.69) is 15.3 Å². The molecule has 2 aliphatic rings. The zero-order valence-corrected chi connectivity index (χ0v) is 15.0. The summed E-state index contributed by atoms with van der Waals surface area (Å²) in [4.78, 5) is 0. The number of piperidine rings is 1. The summed E-state index contributed by atoms with van der Waals surface area (Å²) in [6.07, 6.45) is 3.34. The summed E-state index contributed by atoms with van der Waals surface area (Å²) < 4.78 is 35.4. The maximum absolute atomic E-state index is 12.7. The zero-order chi connectivity index (χ0) is 17.4. The van der Waals surface area contributed by atoms with Crippen LogP contribution < -0.4 is 4.74 Å². The van der Waals surface area contributed by atoms with E-state index in [-0.39, 0.29) is 5.92 Å². The van der Waals surface area contributed by atoms with Crippen LogP contribution in [0.1, 0.15) is 37.4 Å². The SMILES string of the molecule is COc1ccc2nnc(C3CCN(S(=O)(=O)N4CCCC4)CC3)n2n1. The second-order valence-electron chi connectivity index (χ2n) is 6.49. The molecule has 0 atom stereocenters. The van der Waals surface area contributed by atoms with Crippen molar-refractivity contribution in [2.45, 2.75) is 31.6 Å². The summed E-state index contributed by atoms with van der Waals surface area (Å²) in [5.74, 6) is 1.41. The Morgan fingerprint density at radius 3 is 2.40 bits per heavy atom. The topological polar surface area (TPSA) is 92.9 Å².